The van der Waals surface area contributed by atoms with Gasteiger partial charge in [-0.25, -0.2) is 0 Å². The van der Waals surface area contributed by atoms with Crippen molar-refractivity contribution in [2.24, 2.45) is 0 Å². The third kappa shape index (κ3) is 2.70. The van der Waals surface area contributed by atoms with Gasteiger partial charge < -0.3 is 15.2 Å². The molecule has 0 spiro atoms. The van der Waals surface area contributed by atoms with Gasteiger partial charge in [0.25, 0.3) is 0 Å². The molecule has 0 unspecified atom stereocenters. The number of ketones is 1. The molecule has 0 saturated carbocycles. The topological polar surface area (TPSA) is 61.5 Å². The number of anilines is 1. The van der Waals surface area contributed by atoms with Gasteiger partial charge in [-0.1, -0.05) is 11.6 Å². The van der Waals surface area contributed by atoms with Gasteiger partial charge in [-0.3, -0.25) is 4.79 Å². The van der Waals surface area contributed by atoms with Crippen molar-refractivity contribution in [1.82, 2.24) is 0 Å². The molecule has 2 rings (SSSR count). The molecule has 4 nitrogen and oxygen atoms in total. The molecule has 0 saturated heterocycles. The van der Waals surface area contributed by atoms with Crippen molar-refractivity contribution in [3.05, 3.63) is 52.5 Å². The molecular weight excluding hydrogens is 278 g/mol. The van der Waals surface area contributed by atoms with Crippen LogP contribution in [0.25, 0.3) is 0 Å². The van der Waals surface area contributed by atoms with Crippen LogP contribution in [0.1, 0.15) is 15.9 Å². The first kappa shape index (κ1) is 14.2. The first-order chi connectivity index (χ1) is 9.56. The van der Waals surface area contributed by atoms with Crippen LogP contribution in [0.2, 0.25) is 5.02 Å². The fourth-order valence-corrected chi connectivity index (χ4v) is 1.95. The predicted molar refractivity (Wildman–Crippen MR) is 78.8 cm³/mol. The van der Waals surface area contributed by atoms with E-state index < -0.39 is 0 Å². The minimum Gasteiger partial charge on any atom is -0.497 e. The molecule has 5 heteroatoms. The average Bonchev–Trinajstić information content (AvgIpc) is 2.48. The van der Waals surface area contributed by atoms with Gasteiger partial charge in [0.15, 0.2) is 5.78 Å². The molecule has 0 heterocycles. The van der Waals surface area contributed by atoms with E-state index in [0.29, 0.717) is 33.3 Å². The van der Waals surface area contributed by atoms with Gasteiger partial charge in [-0.15, -0.1) is 0 Å². The fraction of sp³-hybridized carbons (Fsp3) is 0.133. The summed E-state index contributed by atoms with van der Waals surface area (Å²) in [5.74, 6) is 0.851. The minimum absolute atomic E-state index is 0.205. The Hall–Kier alpha value is -2.20. The quantitative estimate of drug-likeness (QED) is 0.694. The normalized spacial score (nSPS) is 10.2. The number of nitrogen functional groups attached to an aromatic ring is 1. The molecule has 2 aromatic carbocycles. The fourth-order valence-electron chi connectivity index (χ4n) is 1.83. The van der Waals surface area contributed by atoms with E-state index in [1.165, 1.54) is 14.2 Å². The van der Waals surface area contributed by atoms with Gasteiger partial charge in [0.2, 0.25) is 0 Å². The number of methoxy groups -OCH3 is 2. The summed E-state index contributed by atoms with van der Waals surface area (Å²) in [6, 6.07) is 9.81. The number of benzene rings is 2. The lowest BCUT2D eigenvalue weighted by Crippen LogP contribution is -2.05. The third-order valence-corrected chi connectivity index (χ3v) is 3.25. The molecule has 0 atom stereocenters. The van der Waals surface area contributed by atoms with Crippen LogP contribution < -0.4 is 15.2 Å². The Balaban J connectivity index is 2.48. The summed E-state index contributed by atoms with van der Waals surface area (Å²) in [4.78, 5) is 12.5. The zero-order valence-electron chi connectivity index (χ0n) is 11.1. The van der Waals surface area contributed by atoms with Gasteiger partial charge in [0.05, 0.1) is 30.5 Å². The minimum atomic E-state index is -0.205. The molecule has 0 aliphatic heterocycles. The van der Waals surface area contributed by atoms with E-state index in [4.69, 9.17) is 26.8 Å². The highest BCUT2D eigenvalue weighted by Crippen LogP contribution is 2.28. The van der Waals surface area contributed by atoms with Crippen LogP contribution in [-0.2, 0) is 0 Å². The van der Waals surface area contributed by atoms with Crippen molar-refractivity contribution in [3.63, 3.8) is 0 Å². The largest absolute Gasteiger partial charge is 0.497 e. The Morgan fingerprint density at radius 2 is 1.85 bits per heavy atom. The van der Waals surface area contributed by atoms with Crippen LogP contribution in [0.4, 0.5) is 5.69 Å². The summed E-state index contributed by atoms with van der Waals surface area (Å²) in [6.45, 7) is 0. The highest BCUT2D eigenvalue weighted by atomic mass is 35.5. The zero-order chi connectivity index (χ0) is 14.7. The molecule has 0 bridgehead atoms. The number of nitrogens with two attached hydrogens (primary N) is 1. The second-order valence-electron chi connectivity index (χ2n) is 4.13. The van der Waals surface area contributed by atoms with E-state index in [2.05, 4.69) is 0 Å². The number of ether oxygens (including phenoxy) is 2. The summed E-state index contributed by atoms with van der Waals surface area (Å²) >= 11 is 5.86. The van der Waals surface area contributed by atoms with Gasteiger partial charge in [-0.2, -0.15) is 0 Å². The Bertz CT molecular complexity index is 656. The van der Waals surface area contributed by atoms with Gasteiger partial charge in [0, 0.05) is 5.56 Å². The summed E-state index contributed by atoms with van der Waals surface area (Å²) in [5.41, 5.74) is 6.94. The van der Waals surface area contributed by atoms with E-state index in [0.717, 1.165) is 0 Å². The lowest BCUT2D eigenvalue weighted by atomic mass is 10.0. The molecule has 0 aliphatic rings. The van der Waals surface area contributed by atoms with E-state index in [1.807, 2.05) is 0 Å². The average molecular weight is 292 g/mol. The van der Waals surface area contributed by atoms with E-state index in [9.17, 15) is 4.79 Å². The monoisotopic (exact) mass is 291 g/mol. The predicted octanol–water partition coefficient (Wildman–Crippen LogP) is 3.17. The molecule has 0 aromatic heterocycles. The van der Waals surface area contributed by atoms with Crippen LogP contribution in [0.5, 0.6) is 11.5 Å². The molecular formula is C15H14ClNO3. The molecule has 0 amide bonds. The third-order valence-electron chi connectivity index (χ3n) is 2.91. The van der Waals surface area contributed by atoms with Gasteiger partial charge >= 0.3 is 0 Å². The van der Waals surface area contributed by atoms with Crippen molar-refractivity contribution in [3.8, 4) is 11.5 Å². The molecule has 2 aromatic rings. The molecule has 0 radical (unpaired) electrons. The van der Waals surface area contributed by atoms with Crippen LogP contribution in [0, 0.1) is 0 Å². The van der Waals surface area contributed by atoms with Crippen LogP contribution >= 0.6 is 11.6 Å². The Morgan fingerprint density at radius 1 is 1.10 bits per heavy atom. The molecule has 0 fully saturated rings. The summed E-state index contributed by atoms with van der Waals surface area (Å²) in [7, 11) is 3.05. The second-order valence-corrected chi connectivity index (χ2v) is 4.54. The van der Waals surface area contributed by atoms with Crippen molar-refractivity contribution in [2.75, 3.05) is 20.0 Å². The lowest BCUT2D eigenvalue weighted by Gasteiger charge is -2.10. The molecule has 0 aliphatic carbocycles. The van der Waals surface area contributed by atoms with E-state index in [1.54, 1.807) is 36.4 Å². The van der Waals surface area contributed by atoms with Gasteiger partial charge in [0.1, 0.15) is 11.5 Å². The Morgan fingerprint density at radius 3 is 2.45 bits per heavy atom. The van der Waals surface area contributed by atoms with Crippen molar-refractivity contribution in [1.29, 1.82) is 0 Å². The summed E-state index contributed by atoms with van der Waals surface area (Å²) in [6.07, 6.45) is 0. The molecule has 20 heavy (non-hydrogen) atoms. The smallest absolute Gasteiger partial charge is 0.196 e. The molecule has 104 valence electrons. The number of rotatable bonds is 4. The van der Waals surface area contributed by atoms with Crippen molar-refractivity contribution >= 4 is 23.1 Å². The van der Waals surface area contributed by atoms with E-state index >= 15 is 0 Å². The number of carbonyl (C=O) groups excluding carboxylic acids is 1. The van der Waals surface area contributed by atoms with Crippen molar-refractivity contribution in [2.45, 2.75) is 0 Å². The van der Waals surface area contributed by atoms with Crippen molar-refractivity contribution < 1.29 is 14.3 Å². The maximum Gasteiger partial charge on any atom is 0.196 e. The highest BCUT2D eigenvalue weighted by molar-refractivity contribution is 6.33. The lowest BCUT2D eigenvalue weighted by molar-refractivity contribution is 0.103. The van der Waals surface area contributed by atoms with Gasteiger partial charge in [-0.05, 0) is 36.4 Å². The summed E-state index contributed by atoms with van der Waals surface area (Å²) < 4.78 is 10.3. The number of halogens is 1. The number of hydrogen-bond donors (Lipinski definition) is 1. The second kappa shape index (κ2) is 5.84. The maximum absolute atomic E-state index is 12.5. The van der Waals surface area contributed by atoms with E-state index in [-0.39, 0.29) is 5.78 Å². The SMILES string of the molecule is COc1ccc(OC)c(C(=O)c2ccc(Cl)c(N)c2)c1. The van der Waals surface area contributed by atoms with Crippen LogP contribution in [0.15, 0.2) is 36.4 Å². The Kier molecular flexibility index (Phi) is 4.15. The standard InChI is InChI=1S/C15H14ClNO3/c1-19-10-4-6-14(20-2)11(8-10)15(18)9-3-5-12(16)13(17)7-9/h3-8H,17H2,1-2H3. The summed E-state index contributed by atoms with van der Waals surface area (Å²) in [5, 5.41) is 0.416. The first-order valence-electron chi connectivity index (χ1n) is 5.88. The first-order valence-corrected chi connectivity index (χ1v) is 6.26. The highest BCUT2D eigenvalue weighted by Gasteiger charge is 2.16. The zero-order valence-corrected chi connectivity index (χ0v) is 11.9. The van der Waals surface area contributed by atoms with Crippen LogP contribution in [0.3, 0.4) is 0 Å². The molecule has 2 N–H and O–H groups in total. The van der Waals surface area contributed by atoms with Crippen LogP contribution in [-0.4, -0.2) is 20.0 Å². The Labute approximate surface area is 122 Å². The number of carbonyl (C=O) groups is 1. The maximum atomic E-state index is 12.5. The number of hydrogen-bond acceptors (Lipinski definition) is 4.